The van der Waals surface area contributed by atoms with Crippen molar-refractivity contribution in [1.82, 2.24) is 4.31 Å². The lowest BCUT2D eigenvalue weighted by Gasteiger charge is -2.38. The van der Waals surface area contributed by atoms with Crippen molar-refractivity contribution in [3.8, 4) is 16.9 Å². The molecule has 0 unspecified atom stereocenters. The molecule has 0 bridgehead atoms. The Kier molecular flexibility index (Phi) is 7.12. The summed E-state index contributed by atoms with van der Waals surface area (Å²) in [6, 6.07) is 14.3. The third-order valence-corrected chi connectivity index (χ3v) is 9.33. The number of aliphatic carboxylic acids is 1. The van der Waals surface area contributed by atoms with Crippen LogP contribution < -0.4 is 4.74 Å². The summed E-state index contributed by atoms with van der Waals surface area (Å²) in [7, 11) is -4.01. The summed E-state index contributed by atoms with van der Waals surface area (Å²) in [4.78, 5) is 12.0. The largest absolute Gasteiger partial charge is 0.494 e. The zero-order valence-corrected chi connectivity index (χ0v) is 20.4. The highest BCUT2D eigenvalue weighted by molar-refractivity contribution is 7.91. The highest BCUT2D eigenvalue weighted by atomic mass is 32.2. The maximum Gasteiger partial charge on any atom is 0.326 e. The maximum atomic E-state index is 13.3. The number of hydrogen-bond donors (Lipinski definition) is 1. The summed E-state index contributed by atoms with van der Waals surface area (Å²) in [6.07, 6.45) is 2.38. The van der Waals surface area contributed by atoms with E-state index in [0.717, 1.165) is 33.6 Å². The molecular formula is C26H31NO6S. The first kappa shape index (κ1) is 24.4. The first-order valence-corrected chi connectivity index (χ1v) is 13.1. The third kappa shape index (κ3) is 4.50. The molecule has 34 heavy (non-hydrogen) atoms. The van der Waals surface area contributed by atoms with Gasteiger partial charge in [0.1, 0.15) is 5.75 Å². The summed E-state index contributed by atoms with van der Waals surface area (Å²) in [5.74, 6) is -0.450. The van der Waals surface area contributed by atoms with Gasteiger partial charge >= 0.3 is 5.97 Å². The summed E-state index contributed by atoms with van der Waals surface area (Å²) < 4.78 is 37.0. The zero-order chi connectivity index (χ0) is 24.3. The normalized spacial score (nSPS) is 18.8. The van der Waals surface area contributed by atoms with E-state index in [-0.39, 0.29) is 39.1 Å². The van der Waals surface area contributed by atoms with Crippen molar-refractivity contribution in [2.75, 3.05) is 32.9 Å². The molecule has 0 aliphatic carbocycles. The number of sulfonamides is 1. The molecule has 0 aromatic heterocycles. The average molecular weight is 486 g/mol. The highest BCUT2D eigenvalue weighted by Gasteiger charge is 2.54. The number of carboxylic acid groups (broad SMARTS) is 1. The van der Waals surface area contributed by atoms with E-state index in [1.807, 2.05) is 31.2 Å². The Hall–Kier alpha value is -2.68. The molecule has 182 valence electrons. The number of aryl methyl sites for hydroxylation is 1. The fraction of sp³-hybridized carbons (Fsp3) is 0.423. The van der Waals surface area contributed by atoms with E-state index in [2.05, 4.69) is 31.2 Å². The van der Waals surface area contributed by atoms with Crippen molar-refractivity contribution in [1.29, 1.82) is 0 Å². The lowest BCUT2D eigenvalue weighted by atomic mass is 9.93. The average Bonchev–Trinajstić information content (AvgIpc) is 2.84. The minimum atomic E-state index is -4.01. The molecule has 0 atom stereocenters. The second kappa shape index (κ2) is 9.90. The monoisotopic (exact) mass is 485 g/mol. The van der Waals surface area contributed by atoms with Crippen LogP contribution in [0.2, 0.25) is 0 Å². The summed E-state index contributed by atoms with van der Waals surface area (Å²) in [5.41, 5.74) is 5.45. The molecule has 1 N–H and O–H groups in total. The lowest BCUT2D eigenvalue weighted by Crippen LogP contribution is -2.56. The Balaban J connectivity index is 1.54. The Labute approximate surface area is 201 Å². The molecule has 2 aliphatic heterocycles. The molecule has 7 nitrogen and oxygen atoms in total. The maximum absolute atomic E-state index is 13.3. The van der Waals surface area contributed by atoms with Gasteiger partial charge in [-0.1, -0.05) is 36.4 Å². The van der Waals surface area contributed by atoms with E-state index < -0.39 is 20.7 Å². The number of rotatable bonds is 7. The fourth-order valence-corrected chi connectivity index (χ4v) is 6.77. The molecule has 2 heterocycles. The molecule has 0 radical (unpaired) electrons. The second-order valence-corrected chi connectivity index (χ2v) is 11.0. The highest BCUT2D eigenvalue weighted by Crippen LogP contribution is 2.36. The number of carbonyl (C=O) groups is 1. The van der Waals surface area contributed by atoms with Gasteiger partial charge in [-0.2, -0.15) is 4.31 Å². The number of hydrogen-bond acceptors (Lipinski definition) is 5. The van der Waals surface area contributed by atoms with Crippen molar-refractivity contribution in [3.63, 3.8) is 0 Å². The molecule has 1 saturated heterocycles. The summed E-state index contributed by atoms with van der Waals surface area (Å²) in [6.45, 7) is 5.35. The van der Waals surface area contributed by atoms with E-state index in [1.165, 1.54) is 4.31 Å². The summed E-state index contributed by atoms with van der Waals surface area (Å²) in [5, 5.41) is 9.80. The fourth-order valence-electron chi connectivity index (χ4n) is 4.77. The van der Waals surface area contributed by atoms with Crippen LogP contribution in [0.5, 0.6) is 5.75 Å². The van der Waals surface area contributed by atoms with Crippen molar-refractivity contribution < 1.29 is 27.8 Å². The van der Waals surface area contributed by atoms with Crippen LogP contribution in [-0.2, 0) is 19.6 Å². The summed E-state index contributed by atoms with van der Waals surface area (Å²) >= 11 is 0. The van der Waals surface area contributed by atoms with Crippen molar-refractivity contribution in [3.05, 3.63) is 59.7 Å². The Bertz CT molecular complexity index is 1200. The molecule has 0 spiro atoms. The first-order valence-electron chi connectivity index (χ1n) is 11.6. The van der Waals surface area contributed by atoms with Crippen LogP contribution in [0.1, 0.15) is 37.3 Å². The van der Waals surface area contributed by atoms with E-state index in [4.69, 9.17) is 9.47 Å². The minimum Gasteiger partial charge on any atom is -0.494 e. The van der Waals surface area contributed by atoms with Gasteiger partial charge < -0.3 is 14.6 Å². The Morgan fingerprint density at radius 3 is 2.53 bits per heavy atom. The SMILES string of the molecule is CCOc1cccc(-c2ccc(C3=CCN(S(=O)(=O)C4(C(=O)O)CCOCC4)CC3)cc2C)c1. The van der Waals surface area contributed by atoms with Crippen molar-refractivity contribution >= 4 is 21.6 Å². The van der Waals surface area contributed by atoms with Crippen LogP contribution in [0.4, 0.5) is 0 Å². The molecule has 2 aromatic carbocycles. The molecule has 1 fully saturated rings. The van der Waals surface area contributed by atoms with Crippen molar-refractivity contribution in [2.24, 2.45) is 0 Å². The minimum absolute atomic E-state index is 0.0249. The molecular weight excluding hydrogens is 454 g/mol. The molecule has 0 amide bonds. The van der Waals surface area contributed by atoms with E-state index in [1.54, 1.807) is 0 Å². The van der Waals surface area contributed by atoms with Gasteiger partial charge in [-0.3, -0.25) is 4.79 Å². The first-order chi connectivity index (χ1) is 16.3. The smallest absolute Gasteiger partial charge is 0.326 e. The number of carboxylic acids is 1. The molecule has 2 aromatic rings. The number of ether oxygens (including phenoxy) is 2. The van der Waals surface area contributed by atoms with Crippen molar-refractivity contribution in [2.45, 2.75) is 37.9 Å². The third-order valence-electron chi connectivity index (χ3n) is 6.75. The molecule has 2 aliphatic rings. The molecule has 0 saturated carbocycles. The van der Waals surface area contributed by atoms with Crippen LogP contribution in [0.15, 0.2) is 48.5 Å². The standard InChI is InChI=1S/C26H31NO6S/c1-3-33-23-6-4-5-22(18-23)24-8-7-21(17-19(24)2)20-9-13-27(14-10-20)34(30,31)26(25(28)29)11-15-32-16-12-26/h4-9,17-18H,3,10-16H2,1-2H3,(H,28,29). The van der Waals surface area contributed by atoms with E-state index >= 15 is 0 Å². The quantitative estimate of drug-likeness (QED) is 0.634. The van der Waals surface area contributed by atoms with Crippen LogP contribution in [-0.4, -0.2) is 61.5 Å². The van der Waals surface area contributed by atoms with Gasteiger partial charge in [0.2, 0.25) is 10.0 Å². The van der Waals surface area contributed by atoms with Crippen LogP contribution in [0.25, 0.3) is 16.7 Å². The lowest BCUT2D eigenvalue weighted by molar-refractivity contribution is -0.142. The Morgan fingerprint density at radius 2 is 1.91 bits per heavy atom. The van der Waals surface area contributed by atoms with Crippen LogP contribution >= 0.6 is 0 Å². The zero-order valence-electron chi connectivity index (χ0n) is 19.6. The van der Waals surface area contributed by atoms with E-state index in [0.29, 0.717) is 13.0 Å². The second-order valence-electron chi connectivity index (χ2n) is 8.74. The van der Waals surface area contributed by atoms with Gasteiger partial charge in [-0.25, -0.2) is 8.42 Å². The van der Waals surface area contributed by atoms with Gasteiger partial charge in [0.15, 0.2) is 4.75 Å². The van der Waals surface area contributed by atoms with Crippen LogP contribution in [0, 0.1) is 6.92 Å². The predicted molar refractivity (Wildman–Crippen MR) is 131 cm³/mol. The molecule has 8 heteroatoms. The van der Waals surface area contributed by atoms with Gasteiger partial charge in [0.05, 0.1) is 6.61 Å². The van der Waals surface area contributed by atoms with Crippen LogP contribution in [0.3, 0.4) is 0 Å². The topological polar surface area (TPSA) is 93.1 Å². The predicted octanol–water partition coefficient (Wildman–Crippen LogP) is 4.11. The van der Waals surface area contributed by atoms with Gasteiger partial charge in [0, 0.05) is 39.1 Å². The number of nitrogens with zero attached hydrogens (tertiary/aromatic N) is 1. The number of benzene rings is 2. The van der Waals surface area contributed by atoms with Gasteiger partial charge in [-0.15, -0.1) is 0 Å². The van der Waals surface area contributed by atoms with E-state index in [9.17, 15) is 18.3 Å². The van der Waals surface area contributed by atoms with Gasteiger partial charge in [0.25, 0.3) is 0 Å². The Morgan fingerprint density at radius 1 is 1.15 bits per heavy atom. The van der Waals surface area contributed by atoms with Gasteiger partial charge in [-0.05, 0) is 60.2 Å². The molecule has 4 rings (SSSR count).